The molecule has 0 spiro atoms. The van der Waals surface area contributed by atoms with Crippen molar-refractivity contribution in [2.45, 2.75) is 18.9 Å². The third-order valence-electron chi connectivity index (χ3n) is 3.08. The molecule has 1 aromatic rings. The van der Waals surface area contributed by atoms with Gasteiger partial charge in [0.1, 0.15) is 11.9 Å². The molecule has 2 rings (SSSR count). The Morgan fingerprint density at radius 1 is 1.48 bits per heavy atom. The predicted octanol–water partition coefficient (Wildman–Crippen LogP) is 1.58. The lowest BCUT2D eigenvalue weighted by molar-refractivity contribution is -0.131. The van der Waals surface area contributed by atoms with Crippen molar-refractivity contribution < 1.29 is 19.1 Å². The van der Waals surface area contributed by atoms with Gasteiger partial charge in [-0.1, -0.05) is 11.6 Å². The van der Waals surface area contributed by atoms with Gasteiger partial charge in [-0.05, 0) is 31.0 Å². The number of nitrogens with one attached hydrogen (secondary N) is 2. The molecule has 7 heteroatoms. The maximum absolute atomic E-state index is 11.8. The Morgan fingerprint density at radius 2 is 2.29 bits per heavy atom. The molecule has 0 aliphatic carbocycles. The Labute approximate surface area is 127 Å². The Hall–Kier alpha value is -1.79. The summed E-state index contributed by atoms with van der Waals surface area (Å²) in [5, 5.41) is 5.67. The van der Waals surface area contributed by atoms with Gasteiger partial charge in [0.15, 0.2) is 0 Å². The summed E-state index contributed by atoms with van der Waals surface area (Å²) in [5.41, 5.74) is 0.460. The molecule has 1 unspecified atom stereocenters. The van der Waals surface area contributed by atoms with Gasteiger partial charge in [-0.25, -0.2) is 0 Å². The minimum absolute atomic E-state index is 0.131. The molecule has 1 atom stereocenters. The Balaban J connectivity index is 1.86. The van der Waals surface area contributed by atoms with Crippen LogP contribution in [0.2, 0.25) is 5.02 Å². The molecule has 1 fully saturated rings. The van der Waals surface area contributed by atoms with Crippen molar-refractivity contribution in [2.24, 2.45) is 0 Å². The fourth-order valence-corrected chi connectivity index (χ4v) is 2.21. The Kier molecular flexibility index (Phi) is 5.41. The topological polar surface area (TPSA) is 76.7 Å². The third-order valence-corrected chi connectivity index (χ3v) is 3.32. The maximum atomic E-state index is 11.8. The van der Waals surface area contributed by atoms with Crippen LogP contribution < -0.4 is 15.4 Å². The van der Waals surface area contributed by atoms with Gasteiger partial charge >= 0.3 is 0 Å². The lowest BCUT2D eigenvalue weighted by Gasteiger charge is -2.12. The molecule has 1 aliphatic heterocycles. The van der Waals surface area contributed by atoms with E-state index in [1.807, 2.05) is 0 Å². The van der Waals surface area contributed by atoms with Crippen molar-refractivity contribution in [2.75, 3.05) is 25.6 Å². The van der Waals surface area contributed by atoms with Gasteiger partial charge in [0, 0.05) is 11.6 Å². The van der Waals surface area contributed by atoms with Crippen molar-refractivity contribution >= 4 is 29.1 Å². The molecule has 0 bridgehead atoms. The van der Waals surface area contributed by atoms with Crippen molar-refractivity contribution in [3.8, 4) is 5.75 Å². The zero-order valence-electron chi connectivity index (χ0n) is 11.6. The summed E-state index contributed by atoms with van der Waals surface area (Å²) in [7, 11) is 1.50. The van der Waals surface area contributed by atoms with Crippen LogP contribution in [-0.4, -0.2) is 38.2 Å². The van der Waals surface area contributed by atoms with Crippen LogP contribution in [-0.2, 0) is 14.3 Å². The minimum Gasteiger partial charge on any atom is -0.495 e. The minimum atomic E-state index is -0.446. The summed E-state index contributed by atoms with van der Waals surface area (Å²) >= 11 is 5.88. The van der Waals surface area contributed by atoms with Crippen LogP contribution in [0, 0.1) is 0 Å². The number of rotatable bonds is 5. The van der Waals surface area contributed by atoms with Crippen LogP contribution in [0.4, 0.5) is 5.69 Å². The molecule has 1 aromatic carbocycles. The highest BCUT2D eigenvalue weighted by Crippen LogP contribution is 2.27. The van der Waals surface area contributed by atoms with E-state index in [2.05, 4.69) is 10.6 Å². The lowest BCUT2D eigenvalue weighted by Crippen LogP contribution is -2.39. The van der Waals surface area contributed by atoms with Gasteiger partial charge in [-0.15, -0.1) is 0 Å². The Bertz CT molecular complexity index is 530. The summed E-state index contributed by atoms with van der Waals surface area (Å²) in [6.07, 6.45) is 1.11. The second kappa shape index (κ2) is 7.28. The van der Waals surface area contributed by atoms with E-state index in [0.717, 1.165) is 6.42 Å². The SMILES string of the molecule is COc1ccc(Cl)cc1NC(=O)CNC(=O)C1CCCO1. The predicted molar refractivity (Wildman–Crippen MR) is 78.6 cm³/mol. The van der Waals surface area contributed by atoms with E-state index in [1.54, 1.807) is 18.2 Å². The van der Waals surface area contributed by atoms with Crippen molar-refractivity contribution in [3.05, 3.63) is 23.2 Å². The van der Waals surface area contributed by atoms with E-state index in [9.17, 15) is 9.59 Å². The van der Waals surface area contributed by atoms with E-state index in [0.29, 0.717) is 29.5 Å². The molecule has 1 aliphatic rings. The second-order valence-corrected chi connectivity index (χ2v) is 5.05. The number of anilines is 1. The lowest BCUT2D eigenvalue weighted by atomic mass is 10.2. The van der Waals surface area contributed by atoms with E-state index in [-0.39, 0.29) is 18.4 Å². The van der Waals surface area contributed by atoms with Crippen molar-refractivity contribution in [1.82, 2.24) is 5.32 Å². The largest absolute Gasteiger partial charge is 0.495 e. The van der Waals surface area contributed by atoms with Crippen LogP contribution in [0.1, 0.15) is 12.8 Å². The van der Waals surface area contributed by atoms with Gasteiger partial charge < -0.3 is 20.1 Å². The molecule has 2 N–H and O–H groups in total. The van der Waals surface area contributed by atoms with Gasteiger partial charge in [0.2, 0.25) is 11.8 Å². The standard InChI is InChI=1S/C14H17ClN2O4/c1-20-11-5-4-9(15)7-10(11)17-13(18)8-16-14(19)12-3-2-6-21-12/h4-5,7,12H,2-3,6,8H2,1H3,(H,16,19)(H,17,18). The number of methoxy groups -OCH3 is 1. The molecule has 0 saturated carbocycles. The van der Waals surface area contributed by atoms with Crippen molar-refractivity contribution in [1.29, 1.82) is 0 Å². The molecule has 0 radical (unpaired) electrons. The summed E-state index contributed by atoms with van der Waals surface area (Å²) in [6.45, 7) is 0.457. The zero-order chi connectivity index (χ0) is 15.2. The molecular weight excluding hydrogens is 296 g/mol. The fraction of sp³-hybridized carbons (Fsp3) is 0.429. The quantitative estimate of drug-likeness (QED) is 0.865. The van der Waals surface area contributed by atoms with Crippen LogP contribution in [0.15, 0.2) is 18.2 Å². The highest BCUT2D eigenvalue weighted by molar-refractivity contribution is 6.31. The van der Waals surface area contributed by atoms with Crippen LogP contribution >= 0.6 is 11.6 Å². The number of carbonyl (C=O) groups excluding carboxylic acids is 2. The van der Waals surface area contributed by atoms with E-state index < -0.39 is 6.10 Å². The van der Waals surface area contributed by atoms with E-state index >= 15 is 0 Å². The van der Waals surface area contributed by atoms with E-state index in [1.165, 1.54) is 7.11 Å². The summed E-state index contributed by atoms with van der Waals surface area (Å²) < 4.78 is 10.4. The molecular formula is C14H17ClN2O4. The smallest absolute Gasteiger partial charge is 0.249 e. The number of halogens is 1. The first-order valence-corrected chi connectivity index (χ1v) is 7.00. The average molecular weight is 313 g/mol. The second-order valence-electron chi connectivity index (χ2n) is 4.61. The van der Waals surface area contributed by atoms with Crippen LogP contribution in [0.25, 0.3) is 0 Å². The first-order valence-electron chi connectivity index (χ1n) is 6.63. The number of carbonyl (C=O) groups is 2. The highest BCUT2D eigenvalue weighted by atomic mass is 35.5. The van der Waals surface area contributed by atoms with Crippen LogP contribution in [0.5, 0.6) is 5.75 Å². The van der Waals surface area contributed by atoms with E-state index in [4.69, 9.17) is 21.1 Å². The fourth-order valence-electron chi connectivity index (χ4n) is 2.04. The van der Waals surface area contributed by atoms with Crippen LogP contribution in [0.3, 0.4) is 0 Å². The van der Waals surface area contributed by atoms with Crippen molar-refractivity contribution in [3.63, 3.8) is 0 Å². The number of hydrogen-bond acceptors (Lipinski definition) is 4. The Morgan fingerprint density at radius 3 is 2.95 bits per heavy atom. The highest BCUT2D eigenvalue weighted by Gasteiger charge is 2.23. The first-order chi connectivity index (χ1) is 10.1. The van der Waals surface area contributed by atoms with Gasteiger partial charge in [0.05, 0.1) is 19.3 Å². The molecule has 0 aromatic heterocycles. The number of ether oxygens (including phenoxy) is 2. The summed E-state index contributed by atoms with van der Waals surface area (Å²) in [6, 6.07) is 4.90. The number of benzene rings is 1. The zero-order valence-corrected chi connectivity index (χ0v) is 12.4. The van der Waals surface area contributed by atoms with Gasteiger partial charge in [-0.2, -0.15) is 0 Å². The third kappa shape index (κ3) is 4.34. The summed E-state index contributed by atoms with van der Waals surface area (Å²) in [4.78, 5) is 23.6. The average Bonchev–Trinajstić information content (AvgIpc) is 2.99. The molecule has 1 saturated heterocycles. The van der Waals surface area contributed by atoms with Gasteiger partial charge in [0.25, 0.3) is 0 Å². The number of amides is 2. The summed E-state index contributed by atoms with van der Waals surface area (Å²) in [5.74, 6) is -0.124. The molecule has 6 nitrogen and oxygen atoms in total. The normalized spacial score (nSPS) is 17.3. The monoisotopic (exact) mass is 312 g/mol. The van der Waals surface area contributed by atoms with Gasteiger partial charge in [-0.3, -0.25) is 9.59 Å². The first kappa shape index (κ1) is 15.6. The number of hydrogen-bond donors (Lipinski definition) is 2. The maximum Gasteiger partial charge on any atom is 0.249 e. The molecule has 21 heavy (non-hydrogen) atoms. The molecule has 114 valence electrons. The molecule has 2 amide bonds. The molecule has 1 heterocycles.